The lowest BCUT2D eigenvalue weighted by Gasteiger charge is -2.13. The number of amides is 1. The summed E-state index contributed by atoms with van der Waals surface area (Å²) < 4.78 is 2.17. The Morgan fingerprint density at radius 3 is 2.60 bits per heavy atom. The number of carbonyl (C=O) groups excluding carboxylic acids is 1. The van der Waals surface area contributed by atoms with Crippen LogP contribution in [-0.2, 0) is 19.4 Å². The molecule has 3 heterocycles. The van der Waals surface area contributed by atoms with E-state index < -0.39 is 5.60 Å². The lowest BCUT2D eigenvalue weighted by molar-refractivity contribution is 0.0952. The van der Waals surface area contributed by atoms with E-state index >= 15 is 0 Å². The van der Waals surface area contributed by atoms with Crippen LogP contribution in [0.2, 0.25) is 0 Å². The lowest BCUT2D eigenvalue weighted by atomic mass is 10.00. The number of hydrogen-bond acceptors (Lipinski definition) is 3. The molecule has 1 aliphatic heterocycles. The Hall–Kier alpha value is -3.56. The molecule has 1 aromatic carbocycles. The number of hydrogen-bond donors (Lipinski definition) is 3. The van der Waals surface area contributed by atoms with E-state index in [1.165, 1.54) is 0 Å². The van der Waals surface area contributed by atoms with Crippen LogP contribution in [0.4, 0.5) is 0 Å². The fraction of sp³-hybridized carbons (Fsp3) is 0.379. The number of allylic oxidation sites excluding steroid dienone is 2. The molecule has 0 atom stereocenters. The first kappa shape index (κ1) is 24.6. The van der Waals surface area contributed by atoms with Crippen molar-refractivity contribution in [3.8, 4) is 11.8 Å². The Labute approximate surface area is 206 Å². The van der Waals surface area contributed by atoms with E-state index in [2.05, 4.69) is 58.9 Å². The summed E-state index contributed by atoms with van der Waals surface area (Å²) >= 11 is 0. The Kier molecular flexibility index (Phi) is 6.73. The van der Waals surface area contributed by atoms with Gasteiger partial charge in [-0.15, -0.1) is 0 Å². The quantitative estimate of drug-likeness (QED) is 0.365. The Morgan fingerprint density at radius 2 is 1.89 bits per heavy atom. The molecule has 1 amide bonds. The van der Waals surface area contributed by atoms with Gasteiger partial charge in [0.05, 0.1) is 11.1 Å². The molecule has 0 aliphatic carbocycles. The van der Waals surface area contributed by atoms with Gasteiger partial charge in [-0.2, -0.15) is 0 Å². The highest BCUT2D eigenvalue weighted by Crippen LogP contribution is 2.30. The summed E-state index contributed by atoms with van der Waals surface area (Å²) in [5, 5.41) is 14.0. The normalized spacial score (nSPS) is 15.3. The van der Waals surface area contributed by atoms with Crippen LogP contribution in [0, 0.1) is 18.8 Å². The largest absolute Gasteiger partial charge is 0.378 e. The molecule has 2 aromatic heterocycles. The van der Waals surface area contributed by atoms with Gasteiger partial charge in [0.25, 0.3) is 11.5 Å². The van der Waals surface area contributed by atoms with Gasteiger partial charge >= 0.3 is 0 Å². The lowest BCUT2D eigenvalue weighted by Crippen LogP contribution is -2.28. The molecule has 0 spiro atoms. The predicted octanol–water partition coefficient (Wildman–Crippen LogP) is 4.32. The number of aryl methyl sites for hydroxylation is 2. The summed E-state index contributed by atoms with van der Waals surface area (Å²) in [5.74, 6) is 5.64. The van der Waals surface area contributed by atoms with Gasteiger partial charge < -0.3 is 20.0 Å². The van der Waals surface area contributed by atoms with Crippen molar-refractivity contribution in [2.24, 2.45) is 0 Å². The van der Waals surface area contributed by atoms with Crippen LogP contribution in [0.1, 0.15) is 78.5 Å². The van der Waals surface area contributed by atoms with Crippen molar-refractivity contribution in [1.82, 2.24) is 14.9 Å². The number of nitrogens with one attached hydrogen (secondary N) is 2. The van der Waals surface area contributed by atoms with Crippen molar-refractivity contribution in [2.45, 2.75) is 72.1 Å². The Balaban J connectivity index is 1.90. The number of carbonyl (C=O) groups is 1. The van der Waals surface area contributed by atoms with Gasteiger partial charge in [0.1, 0.15) is 5.60 Å². The van der Waals surface area contributed by atoms with E-state index in [0.29, 0.717) is 23.1 Å². The van der Waals surface area contributed by atoms with E-state index in [1.807, 2.05) is 19.1 Å². The van der Waals surface area contributed by atoms with Crippen LogP contribution in [0.3, 0.4) is 0 Å². The van der Waals surface area contributed by atoms with Crippen molar-refractivity contribution in [3.05, 3.63) is 80.4 Å². The summed E-state index contributed by atoms with van der Waals surface area (Å²) in [7, 11) is 0. The zero-order chi connectivity index (χ0) is 25.3. The number of pyridine rings is 1. The third-order valence-corrected chi connectivity index (χ3v) is 6.20. The van der Waals surface area contributed by atoms with Crippen molar-refractivity contribution in [3.63, 3.8) is 0 Å². The summed E-state index contributed by atoms with van der Waals surface area (Å²) in [6, 6.07) is 5.95. The molecule has 0 fully saturated rings. The van der Waals surface area contributed by atoms with E-state index in [4.69, 9.17) is 0 Å². The maximum atomic E-state index is 13.6. The van der Waals surface area contributed by atoms with Gasteiger partial charge in [0.2, 0.25) is 0 Å². The minimum absolute atomic E-state index is 0.148. The highest BCUT2D eigenvalue weighted by molar-refractivity contribution is 6.08. The van der Waals surface area contributed by atoms with Crippen LogP contribution in [0.15, 0.2) is 41.3 Å². The van der Waals surface area contributed by atoms with Crippen molar-refractivity contribution in [1.29, 1.82) is 0 Å². The average Bonchev–Trinajstić information content (AvgIpc) is 3.14. The van der Waals surface area contributed by atoms with E-state index in [9.17, 15) is 14.7 Å². The Morgan fingerprint density at radius 1 is 1.11 bits per heavy atom. The topological polar surface area (TPSA) is 87.1 Å². The highest BCUT2D eigenvalue weighted by Gasteiger charge is 2.20. The molecule has 6 heteroatoms. The van der Waals surface area contributed by atoms with Crippen LogP contribution in [-0.4, -0.2) is 26.2 Å². The first-order chi connectivity index (χ1) is 16.5. The van der Waals surface area contributed by atoms with Crippen molar-refractivity contribution >= 4 is 16.8 Å². The Bertz CT molecular complexity index is 1440. The number of aliphatic hydroxyl groups is 1. The number of nitrogens with zero attached hydrogens (tertiary/aromatic N) is 1. The molecule has 182 valence electrons. The third kappa shape index (κ3) is 5.41. The molecule has 3 N–H and O–H groups in total. The number of rotatable bonds is 1. The molecule has 3 aromatic rings. The molecule has 1 aliphatic rings. The number of benzene rings is 1. The first-order valence-corrected chi connectivity index (χ1v) is 12.1. The molecular formula is C29H33N3O3. The second kappa shape index (κ2) is 9.59. The van der Waals surface area contributed by atoms with Gasteiger partial charge in [0, 0.05) is 41.0 Å². The molecule has 0 saturated carbocycles. The van der Waals surface area contributed by atoms with E-state index in [1.54, 1.807) is 19.9 Å². The molecule has 4 rings (SSSR count). The van der Waals surface area contributed by atoms with Gasteiger partial charge in [0.15, 0.2) is 0 Å². The minimum Gasteiger partial charge on any atom is -0.378 e. The second-order valence-corrected chi connectivity index (χ2v) is 10.1. The first-order valence-electron chi connectivity index (χ1n) is 12.1. The molecule has 35 heavy (non-hydrogen) atoms. The van der Waals surface area contributed by atoms with Crippen molar-refractivity contribution in [2.75, 3.05) is 0 Å². The van der Waals surface area contributed by atoms with E-state index in [0.717, 1.165) is 40.6 Å². The van der Waals surface area contributed by atoms with Gasteiger partial charge in [-0.1, -0.05) is 24.0 Å². The highest BCUT2D eigenvalue weighted by atomic mass is 16.3. The monoisotopic (exact) mass is 471 g/mol. The fourth-order valence-electron chi connectivity index (χ4n) is 4.56. The van der Waals surface area contributed by atoms with Crippen molar-refractivity contribution < 1.29 is 9.90 Å². The number of aromatic nitrogens is 2. The molecular weight excluding hydrogens is 438 g/mol. The fourth-order valence-corrected chi connectivity index (χ4v) is 4.56. The summed E-state index contributed by atoms with van der Waals surface area (Å²) in [6.45, 7) is 9.50. The molecule has 0 saturated heterocycles. The number of aromatic amines is 1. The van der Waals surface area contributed by atoms with Gasteiger partial charge in [-0.05, 0) is 83.2 Å². The SMILES string of the molecule is Cc1cc2c(c(=O)[nH]1)CNC(=O)c1cc(C#CC(C)(C)O)cc3c1c(cn3C(C)C)C/C=C/CC2. The molecule has 0 unspecified atom stereocenters. The molecule has 0 bridgehead atoms. The van der Waals surface area contributed by atoms with Gasteiger partial charge in [-0.3, -0.25) is 9.59 Å². The zero-order valence-corrected chi connectivity index (χ0v) is 21.1. The van der Waals surface area contributed by atoms with Crippen LogP contribution < -0.4 is 10.9 Å². The standard InChI is InChI=1S/C29H33N3O3/c1-18(2)32-17-22-10-8-6-7-9-21-13-19(3)31-28(34)24(21)16-30-27(33)23-14-20(11-12-29(4,5)35)15-25(32)26(22)23/h6,8,13-15,17-18,35H,7,9-10,16H2,1-5H3,(H,30,33)(H,31,34)/b8-6+. The average molecular weight is 472 g/mol. The maximum absolute atomic E-state index is 13.6. The smallest absolute Gasteiger partial charge is 0.253 e. The molecule has 6 nitrogen and oxygen atoms in total. The van der Waals surface area contributed by atoms with E-state index in [-0.39, 0.29) is 24.1 Å². The predicted molar refractivity (Wildman–Crippen MR) is 140 cm³/mol. The minimum atomic E-state index is -1.15. The second-order valence-electron chi connectivity index (χ2n) is 10.1. The van der Waals surface area contributed by atoms with Crippen LogP contribution in [0.25, 0.3) is 10.9 Å². The zero-order valence-electron chi connectivity index (χ0n) is 21.1. The van der Waals surface area contributed by atoms with Crippen LogP contribution in [0.5, 0.6) is 0 Å². The number of fused-ring (bicyclic) bond motifs is 1. The molecule has 0 radical (unpaired) electrons. The van der Waals surface area contributed by atoms with Crippen LogP contribution >= 0.6 is 0 Å². The maximum Gasteiger partial charge on any atom is 0.253 e. The summed E-state index contributed by atoms with van der Waals surface area (Å²) in [5.41, 5.74) is 4.22. The number of H-pyrrole nitrogens is 1. The summed E-state index contributed by atoms with van der Waals surface area (Å²) in [6.07, 6.45) is 8.66. The van der Waals surface area contributed by atoms with Gasteiger partial charge in [-0.25, -0.2) is 0 Å². The summed E-state index contributed by atoms with van der Waals surface area (Å²) in [4.78, 5) is 29.1. The third-order valence-electron chi connectivity index (χ3n) is 6.20.